The largest absolute Gasteiger partial charge is 0.497 e. The lowest BCUT2D eigenvalue weighted by atomic mass is 10.0. The zero-order valence-electron chi connectivity index (χ0n) is 19.6. The van der Waals surface area contributed by atoms with E-state index in [9.17, 15) is 9.59 Å². The van der Waals surface area contributed by atoms with Crippen LogP contribution in [0.3, 0.4) is 0 Å². The normalized spacial score (nSPS) is 11.5. The number of nitrogens with one attached hydrogen (secondary N) is 1. The maximum Gasteiger partial charge on any atom is 0.243 e. The summed E-state index contributed by atoms with van der Waals surface area (Å²) in [5, 5.41) is 2.93. The highest BCUT2D eigenvalue weighted by Gasteiger charge is 2.30. The maximum atomic E-state index is 13.6. The van der Waals surface area contributed by atoms with Gasteiger partial charge >= 0.3 is 0 Å². The van der Waals surface area contributed by atoms with E-state index in [2.05, 4.69) is 11.4 Å². The van der Waals surface area contributed by atoms with Crippen molar-refractivity contribution in [2.75, 3.05) is 13.7 Å². The van der Waals surface area contributed by atoms with Gasteiger partial charge in [0.05, 0.1) is 13.5 Å². The number of likely N-dealkylation sites (N-methyl/N-ethyl adjacent to an activating group) is 1. The molecule has 0 fully saturated rings. The van der Waals surface area contributed by atoms with E-state index in [1.807, 2.05) is 86.6 Å². The van der Waals surface area contributed by atoms with Gasteiger partial charge in [-0.1, -0.05) is 72.3 Å². The van der Waals surface area contributed by atoms with E-state index in [4.69, 9.17) is 4.74 Å². The average molecular weight is 445 g/mol. The minimum absolute atomic E-state index is 0.0890. The number of carbonyl (C=O) groups is 2. The number of ether oxygens (including phenoxy) is 1. The van der Waals surface area contributed by atoms with Crippen LogP contribution >= 0.6 is 0 Å². The standard InChI is InChI=1S/C28H32N2O3/c1-4-29-28(32)26(18-22-10-6-5-7-11-22)30(20-24-12-8-9-21(2)17-24)27(31)19-23-13-15-25(33-3)16-14-23/h5-17,26H,4,18-20H2,1-3H3,(H,29,32)/t26-/m0/s1. The van der Waals surface area contributed by atoms with Crippen molar-refractivity contribution in [3.63, 3.8) is 0 Å². The molecule has 5 heteroatoms. The lowest BCUT2D eigenvalue weighted by Crippen LogP contribution is -2.50. The molecule has 0 aliphatic rings. The SMILES string of the molecule is CCNC(=O)[C@H](Cc1ccccc1)N(Cc1cccc(C)c1)C(=O)Cc1ccc(OC)cc1. The number of amides is 2. The predicted octanol–water partition coefficient (Wildman–Crippen LogP) is 4.32. The lowest BCUT2D eigenvalue weighted by Gasteiger charge is -2.31. The summed E-state index contributed by atoms with van der Waals surface area (Å²) in [6, 6.07) is 24.8. The summed E-state index contributed by atoms with van der Waals surface area (Å²) >= 11 is 0. The summed E-state index contributed by atoms with van der Waals surface area (Å²) in [5.41, 5.74) is 4.01. The van der Waals surface area contributed by atoms with Crippen molar-refractivity contribution in [3.05, 3.63) is 101 Å². The fourth-order valence-corrected chi connectivity index (χ4v) is 3.87. The summed E-state index contributed by atoms with van der Waals surface area (Å²) < 4.78 is 5.23. The quantitative estimate of drug-likeness (QED) is 0.507. The van der Waals surface area contributed by atoms with E-state index in [1.54, 1.807) is 12.0 Å². The molecular formula is C28H32N2O3. The van der Waals surface area contributed by atoms with E-state index in [0.717, 1.165) is 28.0 Å². The van der Waals surface area contributed by atoms with Crippen molar-refractivity contribution < 1.29 is 14.3 Å². The third-order valence-corrected chi connectivity index (χ3v) is 5.57. The molecule has 3 rings (SSSR count). The van der Waals surface area contributed by atoms with Gasteiger partial charge in [0.25, 0.3) is 0 Å². The van der Waals surface area contributed by atoms with Crippen LogP contribution in [0.2, 0.25) is 0 Å². The molecule has 0 saturated heterocycles. The number of benzene rings is 3. The first-order valence-corrected chi connectivity index (χ1v) is 11.3. The summed E-state index contributed by atoms with van der Waals surface area (Å²) in [7, 11) is 1.62. The molecule has 3 aromatic rings. The Morgan fingerprint density at radius 1 is 0.909 bits per heavy atom. The van der Waals surface area contributed by atoms with Gasteiger partial charge in [-0.05, 0) is 42.7 Å². The third-order valence-electron chi connectivity index (χ3n) is 5.57. The molecule has 0 unspecified atom stereocenters. The molecule has 0 bridgehead atoms. The van der Waals surface area contributed by atoms with Crippen molar-refractivity contribution in [1.82, 2.24) is 10.2 Å². The molecule has 0 heterocycles. The first-order valence-electron chi connectivity index (χ1n) is 11.3. The molecule has 0 aromatic heterocycles. The Balaban J connectivity index is 1.93. The summed E-state index contributed by atoms with van der Waals surface area (Å²) in [6.07, 6.45) is 0.660. The van der Waals surface area contributed by atoms with E-state index in [0.29, 0.717) is 19.5 Å². The van der Waals surface area contributed by atoms with Gasteiger partial charge in [-0.15, -0.1) is 0 Å². The molecule has 0 saturated carbocycles. The zero-order valence-corrected chi connectivity index (χ0v) is 19.6. The van der Waals surface area contributed by atoms with Crippen molar-refractivity contribution in [1.29, 1.82) is 0 Å². The van der Waals surface area contributed by atoms with E-state index < -0.39 is 6.04 Å². The molecule has 33 heavy (non-hydrogen) atoms. The Morgan fingerprint density at radius 2 is 1.61 bits per heavy atom. The predicted molar refractivity (Wildman–Crippen MR) is 131 cm³/mol. The van der Waals surface area contributed by atoms with Gasteiger partial charge in [-0.25, -0.2) is 0 Å². The first-order chi connectivity index (χ1) is 16.0. The van der Waals surface area contributed by atoms with Crippen LogP contribution in [0.5, 0.6) is 5.75 Å². The highest BCUT2D eigenvalue weighted by molar-refractivity contribution is 5.88. The number of carbonyl (C=O) groups excluding carboxylic acids is 2. The second-order valence-electron chi connectivity index (χ2n) is 8.14. The minimum atomic E-state index is -0.612. The second-order valence-corrected chi connectivity index (χ2v) is 8.14. The number of rotatable bonds is 10. The average Bonchev–Trinajstić information content (AvgIpc) is 2.82. The van der Waals surface area contributed by atoms with Gasteiger partial charge in [0.1, 0.15) is 11.8 Å². The molecule has 0 spiro atoms. The van der Waals surface area contributed by atoms with Crippen molar-refractivity contribution in [3.8, 4) is 5.75 Å². The molecule has 2 amide bonds. The molecule has 172 valence electrons. The van der Waals surface area contributed by atoms with Gasteiger partial charge in [0, 0.05) is 19.5 Å². The maximum absolute atomic E-state index is 13.6. The number of hydrogen-bond donors (Lipinski definition) is 1. The molecular weight excluding hydrogens is 412 g/mol. The van der Waals surface area contributed by atoms with Crippen molar-refractivity contribution in [2.24, 2.45) is 0 Å². The van der Waals surface area contributed by atoms with Gasteiger partial charge in [0.2, 0.25) is 11.8 Å². The molecule has 0 aliphatic heterocycles. The summed E-state index contributed by atoms with van der Waals surface area (Å²) in [5.74, 6) is 0.512. The number of aryl methyl sites for hydroxylation is 1. The van der Waals surface area contributed by atoms with Crippen LogP contribution in [-0.2, 0) is 29.0 Å². The lowest BCUT2D eigenvalue weighted by molar-refractivity contribution is -0.140. The Morgan fingerprint density at radius 3 is 2.24 bits per heavy atom. The topological polar surface area (TPSA) is 58.6 Å². The first kappa shape index (κ1) is 24.1. The van der Waals surface area contributed by atoms with Gasteiger partial charge in [-0.3, -0.25) is 9.59 Å². The van der Waals surface area contributed by atoms with E-state index >= 15 is 0 Å². The van der Waals surface area contributed by atoms with Crippen molar-refractivity contribution in [2.45, 2.75) is 39.3 Å². The fourth-order valence-electron chi connectivity index (χ4n) is 3.87. The van der Waals surface area contributed by atoms with Gasteiger partial charge < -0.3 is 15.0 Å². The van der Waals surface area contributed by atoms with Crippen LogP contribution < -0.4 is 10.1 Å². The van der Waals surface area contributed by atoms with E-state index in [-0.39, 0.29) is 18.2 Å². The van der Waals surface area contributed by atoms with Crippen LogP contribution in [0.1, 0.15) is 29.2 Å². The van der Waals surface area contributed by atoms with Crippen LogP contribution in [-0.4, -0.2) is 36.4 Å². The number of methoxy groups -OCH3 is 1. The highest BCUT2D eigenvalue weighted by atomic mass is 16.5. The van der Waals surface area contributed by atoms with Gasteiger partial charge in [0.15, 0.2) is 0 Å². The highest BCUT2D eigenvalue weighted by Crippen LogP contribution is 2.18. The smallest absolute Gasteiger partial charge is 0.243 e. The number of nitrogens with zero attached hydrogens (tertiary/aromatic N) is 1. The van der Waals surface area contributed by atoms with Crippen LogP contribution in [0.4, 0.5) is 0 Å². The van der Waals surface area contributed by atoms with Gasteiger partial charge in [-0.2, -0.15) is 0 Å². The molecule has 3 aromatic carbocycles. The summed E-state index contributed by atoms with van der Waals surface area (Å²) in [6.45, 7) is 4.79. The molecule has 0 radical (unpaired) electrons. The van der Waals surface area contributed by atoms with Crippen LogP contribution in [0.25, 0.3) is 0 Å². The minimum Gasteiger partial charge on any atom is -0.497 e. The molecule has 1 atom stereocenters. The molecule has 1 N–H and O–H groups in total. The van der Waals surface area contributed by atoms with Crippen LogP contribution in [0, 0.1) is 6.92 Å². The monoisotopic (exact) mass is 444 g/mol. The molecule has 5 nitrogen and oxygen atoms in total. The van der Waals surface area contributed by atoms with Crippen molar-refractivity contribution >= 4 is 11.8 Å². The van der Waals surface area contributed by atoms with E-state index in [1.165, 1.54) is 0 Å². The Bertz CT molecular complexity index is 1050. The second kappa shape index (κ2) is 11.9. The van der Waals surface area contributed by atoms with Crippen LogP contribution in [0.15, 0.2) is 78.9 Å². The number of hydrogen-bond acceptors (Lipinski definition) is 3. The Hall–Kier alpha value is -3.60. The fraction of sp³-hybridized carbons (Fsp3) is 0.286. The molecule has 0 aliphatic carbocycles. The Kier molecular flexibility index (Phi) is 8.64. The summed E-state index contributed by atoms with van der Waals surface area (Å²) in [4.78, 5) is 28.5. The Labute approximate surface area is 196 Å². The third kappa shape index (κ3) is 6.94. The zero-order chi connectivity index (χ0) is 23.6.